The molecule has 2 aromatic carbocycles. The highest BCUT2D eigenvalue weighted by atomic mass is 19.1. The first kappa shape index (κ1) is 23.2. The van der Waals surface area contributed by atoms with E-state index in [1.54, 1.807) is 48.4 Å². The molecule has 1 unspecified atom stereocenters. The monoisotopic (exact) mass is 441 g/mol. The van der Waals surface area contributed by atoms with Gasteiger partial charge >= 0.3 is 0 Å². The lowest BCUT2D eigenvalue weighted by molar-refractivity contribution is -0.128. The molecule has 0 aliphatic carbocycles. The fourth-order valence-corrected chi connectivity index (χ4v) is 3.76. The zero-order valence-electron chi connectivity index (χ0n) is 18.3. The van der Waals surface area contributed by atoms with Crippen LogP contribution in [0.2, 0.25) is 0 Å². The van der Waals surface area contributed by atoms with E-state index < -0.39 is 6.04 Å². The average molecular weight is 442 g/mol. The summed E-state index contributed by atoms with van der Waals surface area (Å²) in [6.45, 7) is 2.41. The Labute approximate surface area is 186 Å². The highest BCUT2D eigenvalue weighted by Gasteiger charge is 2.27. The van der Waals surface area contributed by atoms with Gasteiger partial charge in [0.2, 0.25) is 11.8 Å². The molecule has 0 saturated carbocycles. The van der Waals surface area contributed by atoms with Gasteiger partial charge in [0.05, 0.1) is 7.11 Å². The Morgan fingerprint density at radius 2 is 1.69 bits per heavy atom. The van der Waals surface area contributed by atoms with Crippen molar-refractivity contribution in [1.29, 1.82) is 0 Å². The van der Waals surface area contributed by atoms with Gasteiger partial charge in [-0.1, -0.05) is 12.1 Å². The summed E-state index contributed by atoms with van der Waals surface area (Å²) in [7, 11) is 1.58. The number of likely N-dealkylation sites (tertiary alicyclic amines) is 1. The van der Waals surface area contributed by atoms with Crippen LogP contribution in [0.4, 0.5) is 4.39 Å². The maximum absolute atomic E-state index is 13.2. The number of hydrogen-bond acceptors (Lipinski definition) is 4. The smallest absolute Gasteiger partial charge is 0.253 e. The Kier molecular flexibility index (Phi) is 7.81. The van der Waals surface area contributed by atoms with Crippen molar-refractivity contribution in [2.45, 2.75) is 38.3 Å². The van der Waals surface area contributed by atoms with Crippen LogP contribution in [0.15, 0.2) is 48.5 Å². The molecule has 1 atom stereocenters. The summed E-state index contributed by atoms with van der Waals surface area (Å²) in [6, 6.07) is 12.0. The predicted molar refractivity (Wildman–Crippen MR) is 118 cm³/mol. The Balaban J connectivity index is 1.54. The van der Waals surface area contributed by atoms with Gasteiger partial charge in [-0.25, -0.2) is 4.39 Å². The first-order valence-corrected chi connectivity index (χ1v) is 10.6. The van der Waals surface area contributed by atoms with Gasteiger partial charge in [-0.05, 0) is 54.8 Å². The van der Waals surface area contributed by atoms with Crippen molar-refractivity contribution in [3.8, 4) is 5.75 Å². The summed E-state index contributed by atoms with van der Waals surface area (Å²) >= 11 is 0. The number of ether oxygens (including phenoxy) is 1. The van der Waals surface area contributed by atoms with Gasteiger partial charge in [0.25, 0.3) is 5.91 Å². The minimum Gasteiger partial charge on any atom is -0.497 e. The number of carbonyl (C=O) groups is 3. The highest BCUT2D eigenvalue weighted by molar-refractivity contribution is 5.94. The van der Waals surface area contributed by atoms with Crippen molar-refractivity contribution < 1.29 is 23.5 Å². The van der Waals surface area contributed by atoms with Crippen molar-refractivity contribution >= 4 is 17.7 Å². The second-order valence-electron chi connectivity index (χ2n) is 7.89. The van der Waals surface area contributed by atoms with Gasteiger partial charge in [0.1, 0.15) is 17.6 Å². The second-order valence-corrected chi connectivity index (χ2v) is 7.89. The fraction of sp³-hybridized carbons (Fsp3) is 0.375. The molecule has 7 nitrogen and oxygen atoms in total. The maximum Gasteiger partial charge on any atom is 0.253 e. The number of halogens is 1. The Bertz CT molecular complexity index is 939. The van der Waals surface area contributed by atoms with Gasteiger partial charge in [-0.3, -0.25) is 14.4 Å². The molecule has 170 valence electrons. The third-order valence-corrected chi connectivity index (χ3v) is 5.51. The summed E-state index contributed by atoms with van der Waals surface area (Å²) in [5, 5.41) is 5.66. The van der Waals surface area contributed by atoms with Gasteiger partial charge < -0.3 is 20.3 Å². The van der Waals surface area contributed by atoms with E-state index in [9.17, 15) is 18.8 Å². The molecule has 0 spiro atoms. The van der Waals surface area contributed by atoms with Gasteiger partial charge in [0.15, 0.2) is 0 Å². The largest absolute Gasteiger partial charge is 0.497 e. The number of rotatable bonds is 7. The molecule has 1 fully saturated rings. The first-order chi connectivity index (χ1) is 15.4. The number of benzene rings is 2. The number of nitrogens with zero attached hydrogens (tertiary/aromatic N) is 1. The van der Waals surface area contributed by atoms with E-state index in [0.29, 0.717) is 37.2 Å². The molecule has 2 aromatic rings. The van der Waals surface area contributed by atoms with Crippen LogP contribution in [-0.2, 0) is 16.0 Å². The van der Waals surface area contributed by atoms with E-state index in [1.807, 2.05) is 0 Å². The second kappa shape index (κ2) is 10.7. The quantitative estimate of drug-likeness (QED) is 0.690. The summed E-state index contributed by atoms with van der Waals surface area (Å²) < 4.78 is 18.3. The standard InChI is InChI=1S/C24H28FN3O4/c1-16(29)26-22(15-17-3-7-19(25)8-4-17)23(30)27-20-11-13-28(14-12-20)24(31)18-5-9-21(32-2)10-6-18/h3-10,20,22H,11-15H2,1-2H3,(H,26,29)(H,27,30). The molecule has 1 aliphatic heterocycles. The molecule has 3 rings (SSSR count). The number of carbonyl (C=O) groups excluding carboxylic acids is 3. The minimum atomic E-state index is -0.753. The van der Waals surface area contributed by atoms with E-state index in [1.165, 1.54) is 19.1 Å². The molecule has 1 saturated heterocycles. The average Bonchev–Trinajstić information content (AvgIpc) is 2.80. The Hall–Kier alpha value is -3.42. The number of nitrogens with one attached hydrogen (secondary N) is 2. The van der Waals surface area contributed by atoms with E-state index in [2.05, 4.69) is 10.6 Å². The molecule has 2 N–H and O–H groups in total. The highest BCUT2D eigenvalue weighted by Crippen LogP contribution is 2.17. The summed E-state index contributed by atoms with van der Waals surface area (Å²) in [5.74, 6) is -0.316. The van der Waals surface area contributed by atoms with Crippen LogP contribution in [0.3, 0.4) is 0 Å². The van der Waals surface area contributed by atoms with Crippen LogP contribution >= 0.6 is 0 Å². The fourth-order valence-electron chi connectivity index (χ4n) is 3.76. The third-order valence-electron chi connectivity index (χ3n) is 5.51. The minimum absolute atomic E-state index is 0.0511. The predicted octanol–water partition coefficient (Wildman–Crippen LogP) is 2.30. The lowest BCUT2D eigenvalue weighted by Gasteiger charge is -2.33. The van der Waals surface area contributed by atoms with Crippen LogP contribution in [0.25, 0.3) is 0 Å². The van der Waals surface area contributed by atoms with Crippen LogP contribution in [0.1, 0.15) is 35.7 Å². The van der Waals surface area contributed by atoms with Gasteiger partial charge in [0, 0.05) is 38.0 Å². The topological polar surface area (TPSA) is 87.7 Å². The molecule has 1 aliphatic rings. The molecular weight excluding hydrogens is 413 g/mol. The molecule has 32 heavy (non-hydrogen) atoms. The maximum atomic E-state index is 13.2. The number of methoxy groups -OCH3 is 1. The van der Waals surface area contributed by atoms with Gasteiger partial charge in [-0.2, -0.15) is 0 Å². The van der Waals surface area contributed by atoms with E-state index in [-0.39, 0.29) is 36.0 Å². The van der Waals surface area contributed by atoms with Crippen molar-refractivity contribution in [2.75, 3.05) is 20.2 Å². The Morgan fingerprint density at radius 1 is 1.06 bits per heavy atom. The molecule has 8 heteroatoms. The Morgan fingerprint density at radius 3 is 2.25 bits per heavy atom. The van der Waals surface area contributed by atoms with E-state index in [0.717, 1.165) is 5.56 Å². The SMILES string of the molecule is COc1ccc(C(=O)N2CCC(NC(=O)C(Cc3ccc(F)cc3)NC(C)=O)CC2)cc1. The molecular formula is C24H28FN3O4. The van der Waals surface area contributed by atoms with Crippen molar-refractivity contribution in [2.24, 2.45) is 0 Å². The normalized spacial score (nSPS) is 15.0. The zero-order valence-corrected chi connectivity index (χ0v) is 18.3. The number of piperidine rings is 1. The lowest BCUT2D eigenvalue weighted by atomic mass is 10.0. The van der Waals surface area contributed by atoms with E-state index >= 15 is 0 Å². The summed E-state index contributed by atoms with van der Waals surface area (Å²) in [6.07, 6.45) is 1.51. The summed E-state index contributed by atoms with van der Waals surface area (Å²) in [5.41, 5.74) is 1.35. The molecule has 1 heterocycles. The van der Waals surface area contributed by atoms with Crippen LogP contribution in [-0.4, -0.2) is 54.9 Å². The van der Waals surface area contributed by atoms with Crippen LogP contribution in [0.5, 0.6) is 5.75 Å². The lowest BCUT2D eigenvalue weighted by Crippen LogP contribution is -2.53. The molecule has 3 amide bonds. The van der Waals surface area contributed by atoms with Crippen LogP contribution in [0, 0.1) is 5.82 Å². The molecule has 0 radical (unpaired) electrons. The first-order valence-electron chi connectivity index (χ1n) is 10.6. The van der Waals surface area contributed by atoms with Crippen molar-refractivity contribution in [3.63, 3.8) is 0 Å². The van der Waals surface area contributed by atoms with Gasteiger partial charge in [-0.15, -0.1) is 0 Å². The van der Waals surface area contributed by atoms with E-state index in [4.69, 9.17) is 4.74 Å². The molecule has 0 bridgehead atoms. The molecule has 0 aromatic heterocycles. The number of hydrogen-bond donors (Lipinski definition) is 2. The zero-order chi connectivity index (χ0) is 23.1. The van der Waals surface area contributed by atoms with Crippen LogP contribution < -0.4 is 15.4 Å². The number of amides is 3. The third kappa shape index (κ3) is 6.29. The summed E-state index contributed by atoms with van der Waals surface area (Å²) in [4.78, 5) is 38.9. The van der Waals surface area contributed by atoms with Crippen molar-refractivity contribution in [1.82, 2.24) is 15.5 Å². The van der Waals surface area contributed by atoms with Crippen molar-refractivity contribution in [3.05, 3.63) is 65.5 Å².